The van der Waals surface area contributed by atoms with E-state index in [9.17, 15) is 18.0 Å². The van der Waals surface area contributed by atoms with Gasteiger partial charge in [-0.1, -0.05) is 0 Å². The Bertz CT molecular complexity index is 608. The number of anilines is 2. The van der Waals surface area contributed by atoms with Crippen molar-refractivity contribution in [2.45, 2.75) is 6.18 Å². The number of halogens is 3. The molecule has 0 radical (unpaired) electrons. The van der Waals surface area contributed by atoms with Gasteiger partial charge < -0.3 is 11.1 Å². The molecule has 1 heterocycles. The number of hydrogen-bond acceptors (Lipinski definition) is 4. The topological polar surface area (TPSA) is 80.9 Å². The first-order valence-corrected chi connectivity index (χ1v) is 5.44. The molecule has 2 aromatic rings. The number of alkyl halides is 3. The van der Waals surface area contributed by atoms with Crippen LogP contribution in [0.25, 0.3) is 0 Å². The molecule has 0 fully saturated rings. The Kier molecular flexibility index (Phi) is 3.55. The predicted octanol–water partition coefficient (Wildman–Crippen LogP) is 2.33. The summed E-state index contributed by atoms with van der Waals surface area (Å²) in [5, 5.41) is 9.48. The molecule has 0 bridgehead atoms. The summed E-state index contributed by atoms with van der Waals surface area (Å²) in [5.74, 6) is -0.423. The van der Waals surface area contributed by atoms with Crippen LogP contribution in [-0.2, 0) is 6.18 Å². The smallest absolute Gasteiger partial charge is 0.382 e. The lowest BCUT2D eigenvalue weighted by Gasteiger charge is -2.08. The molecule has 8 heteroatoms. The first-order chi connectivity index (χ1) is 9.36. The third-order valence-electron chi connectivity index (χ3n) is 2.39. The number of benzene rings is 1. The van der Waals surface area contributed by atoms with Crippen LogP contribution >= 0.6 is 0 Å². The van der Waals surface area contributed by atoms with E-state index < -0.39 is 17.6 Å². The Balaban J connectivity index is 2.10. The zero-order chi connectivity index (χ0) is 14.8. The van der Waals surface area contributed by atoms with Gasteiger partial charge in [-0.2, -0.15) is 13.2 Å². The summed E-state index contributed by atoms with van der Waals surface area (Å²) in [6.07, 6.45) is -4.41. The van der Waals surface area contributed by atoms with Crippen LogP contribution in [0.5, 0.6) is 0 Å². The number of carbonyl (C=O) groups excluding carboxylic acids is 1. The zero-order valence-electron chi connectivity index (χ0n) is 9.98. The van der Waals surface area contributed by atoms with Crippen LogP contribution in [0.1, 0.15) is 16.1 Å². The molecule has 0 saturated heterocycles. The average molecular weight is 282 g/mol. The lowest BCUT2D eigenvalue weighted by molar-refractivity contribution is -0.137. The normalized spacial score (nSPS) is 11.2. The standard InChI is InChI=1S/C12H9F3N4O/c13-12(14,15)7-1-3-8(4-2-7)17-11(20)9-5-6-10(16)19-18-9/h1-6H,(H2,16,19)(H,17,20). The van der Waals surface area contributed by atoms with Crippen molar-refractivity contribution in [1.29, 1.82) is 0 Å². The van der Waals surface area contributed by atoms with Crippen LogP contribution in [0.15, 0.2) is 36.4 Å². The van der Waals surface area contributed by atoms with Crippen molar-refractivity contribution in [3.63, 3.8) is 0 Å². The molecule has 3 N–H and O–H groups in total. The number of hydrogen-bond donors (Lipinski definition) is 2. The van der Waals surface area contributed by atoms with Crippen molar-refractivity contribution in [2.75, 3.05) is 11.1 Å². The molecule has 1 aromatic carbocycles. The highest BCUT2D eigenvalue weighted by Gasteiger charge is 2.29. The molecule has 104 valence electrons. The van der Waals surface area contributed by atoms with Crippen LogP contribution in [0.4, 0.5) is 24.7 Å². The van der Waals surface area contributed by atoms with Crippen LogP contribution in [0, 0.1) is 0 Å². The van der Waals surface area contributed by atoms with Crippen LogP contribution in [0.2, 0.25) is 0 Å². The summed E-state index contributed by atoms with van der Waals surface area (Å²) in [5.41, 5.74) is 4.77. The highest BCUT2D eigenvalue weighted by molar-refractivity contribution is 6.02. The zero-order valence-corrected chi connectivity index (χ0v) is 9.98. The fourth-order valence-electron chi connectivity index (χ4n) is 1.40. The van der Waals surface area contributed by atoms with Crippen LogP contribution in [0.3, 0.4) is 0 Å². The summed E-state index contributed by atoms with van der Waals surface area (Å²) in [4.78, 5) is 11.7. The van der Waals surface area contributed by atoms with E-state index in [2.05, 4.69) is 15.5 Å². The number of carbonyl (C=O) groups is 1. The number of nitrogens with zero attached hydrogens (tertiary/aromatic N) is 2. The van der Waals surface area contributed by atoms with Gasteiger partial charge in [-0.05, 0) is 36.4 Å². The third kappa shape index (κ3) is 3.22. The Morgan fingerprint density at radius 3 is 2.20 bits per heavy atom. The molecular weight excluding hydrogens is 273 g/mol. The first-order valence-electron chi connectivity index (χ1n) is 5.44. The van der Waals surface area contributed by atoms with Crippen molar-refractivity contribution in [1.82, 2.24) is 10.2 Å². The summed E-state index contributed by atoms with van der Waals surface area (Å²) >= 11 is 0. The Labute approximate surface area is 111 Å². The van der Waals surface area contributed by atoms with Gasteiger partial charge in [0.2, 0.25) is 0 Å². The van der Waals surface area contributed by atoms with Gasteiger partial charge in [0.1, 0.15) is 5.82 Å². The van der Waals surface area contributed by atoms with Gasteiger partial charge in [0.05, 0.1) is 5.56 Å². The molecule has 0 aliphatic heterocycles. The number of nitrogens with two attached hydrogens (primary N) is 1. The second-order valence-corrected chi connectivity index (χ2v) is 3.87. The van der Waals surface area contributed by atoms with Crippen molar-refractivity contribution in [2.24, 2.45) is 0 Å². The number of rotatable bonds is 2. The fraction of sp³-hybridized carbons (Fsp3) is 0.0833. The molecule has 0 aliphatic carbocycles. The van der Waals surface area contributed by atoms with Crippen molar-refractivity contribution < 1.29 is 18.0 Å². The van der Waals surface area contributed by atoms with Gasteiger partial charge in [0, 0.05) is 5.69 Å². The van der Waals surface area contributed by atoms with Crippen molar-refractivity contribution in [3.8, 4) is 0 Å². The molecule has 1 aromatic heterocycles. The molecule has 2 rings (SSSR count). The molecule has 0 spiro atoms. The molecule has 0 aliphatic rings. The lowest BCUT2D eigenvalue weighted by atomic mass is 10.2. The van der Waals surface area contributed by atoms with E-state index in [1.54, 1.807) is 0 Å². The van der Waals surface area contributed by atoms with Gasteiger partial charge >= 0.3 is 6.18 Å². The van der Waals surface area contributed by atoms with Gasteiger partial charge in [0.25, 0.3) is 5.91 Å². The van der Waals surface area contributed by atoms with Crippen LogP contribution < -0.4 is 11.1 Å². The maximum Gasteiger partial charge on any atom is 0.416 e. The predicted molar refractivity (Wildman–Crippen MR) is 65.8 cm³/mol. The Hall–Kier alpha value is -2.64. The van der Waals surface area contributed by atoms with E-state index in [0.717, 1.165) is 24.3 Å². The van der Waals surface area contributed by atoms with Gasteiger partial charge in [-0.3, -0.25) is 4.79 Å². The van der Waals surface area contributed by atoms with Crippen molar-refractivity contribution >= 4 is 17.4 Å². The van der Waals surface area contributed by atoms with Gasteiger partial charge in [-0.25, -0.2) is 0 Å². The Morgan fingerprint density at radius 1 is 1.05 bits per heavy atom. The summed E-state index contributed by atoms with van der Waals surface area (Å²) in [6, 6.07) is 6.84. The van der Waals surface area contributed by atoms with E-state index in [4.69, 9.17) is 5.73 Å². The molecule has 20 heavy (non-hydrogen) atoms. The molecule has 0 saturated carbocycles. The number of amides is 1. The lowest BCUT2D eigenvalue weighted by Crippen LogP contribution is -2.15. The minimum atomic E-state index is -4.41. The van der Waals surface area contributed by atoms with Gasteiger partial charge in [-0.15, -0.1) is 10.2 Å². The monoisotopic (exact) mass is 282 g/mol. The van der Waals surface area contributed by atoms with E-state index in [1.807, 2.05) is 0 Å². The minimum absolute atomic E-state index is 0.0131. The average Bonchev–Trinajstić information content (AvgIpc) is 2.39. The van der Waals surface area contributed by atoms with Crippen LogP contribution in [-0.4, -0.2) is 16.1 Å². The summed E-state index contributed by atoms with van der Waals surface area (Å²) in [6.45, 7) is 0. The summed E-state index contributed by atoms with van der Waals surface area (Å²) < 4.78 is 37.1. The van der Waals surface area contributed by atoms with E-state index >= 15 is 0 Å². The van der Waals surface area contributed by atoms with E-state index in [1.165, 1.54) is 12.1 Å². The molecule has 5 nitrogen and oxygen atoms in total. The number of nitrogen functional groups attached to an aromatic ring is 1. The summed E-state index contributed by atoms with van der Waals surface area (Å²) in [7, 11) is 0. The largest absolute Gasteiger partial charge is 0.416 e. The quantitative estimate of drug-likeness (QED) is 0.885. The third-order valence-corrected chi connectivity index (χ3v) is 2.39. The maximum absolute atomic E-state index is 12.4. The SMILES string of the molecule is Nc1ccc(C(=O)Nc2ccc(C(F)(F)F)cc2)nn1. The second-order valence-electron chi connectivity index (χ2n) is 3.87. The Morgan fingerprint density at radius 2 is 1.70 bits per heavy atom. The minimum Gasteiger partial charge on any atom is -0.382 e. The second kappa shape index (κ2) is 5.16. The van der Waals surface area contributed by atoms with Gasteiger partial charge in [0.15, 0.2) is 5.69 Å². The molecule has 1 amide bonds. The molecule has 0 unspecified atom stereocenters. The first kappa shape index (κ1) is 13.8. The number of aromatic nitrogens is 2. The highest BCUT2D eigenvalue weighted by atomic mass is 19.4. The molecule has 0 atom stereocenters. The number of nitrogens with one attached hydrogen (secondary N) is 1. The molecular formula is C12H9F3N4O. The van der Waals surface area contributed by atoms with Crippen molar-refractivity contribution in [3.05, 3.63) is 47.7 Å². The van der Waals surface area contributed by atoms with E-state index in [0.29, 0.717) is 0 Å². The van der Waals surface area contributed by atoms with E-state index in [-0.39, 0.29) is 17.2 Å². The maximum atomic E-state index is 12.4. The fourth-order valence-corrected chi connectivity index (χ4v) is 1.40. The highest BCUT2D eigenvalue weighted by Crippen LogP contribution is 2.29.